The number of ether oxygens (including phenoxy) is 1. The Hall–Kier alpha value is -2.68. The molecule has 0 spiro atoms. The number of aromatic nitrogens is 2. The van der Waals surface area contributed by atoms with Gasteiger partial charge in [-0.1, -0.05) is 42.5 Å². The lowest BCUT2D eigenvalue weighted by Gasteiger charge is -2.19. The van der Waals surface area contributed by atoms with Crippen molar-refractivity contribution in [2.45, 2.75) is 25.9 Å². The number of fused-ring (bicyclic) bond motifs is 2. The van der Waals surface area contributed by atoms with E-state index in [4.69, 9.17) is 4.74 Å². The van der Waals surface area contributed by atoms with Gasteiger partial charge in [0, 0.05) is 0 Å². The number of allylic oxidation sites excluding steroid dienone is 5. The number of benzene rings is 1. The van der Waals surface area contributed by atoms with Gasteiger partial charge in [-0.2, -0.15) is 0 Å². The standard InChI is InChI=1S/C22H19IN2O4/c1-29-21(27)16-11-15-9-5-6-10-17(15)19-18(23)20(26)25(22(28)24(19)13-16)12-14-7-3-2-4-8-14/h2-8,11H,9-10,12-13H2,1H3. The van der Waals surface area contributed by atoms with Crippen LogP contribution in [-0.4, -0.2) is 22.2 Å². The summed E-state index contributed by atoms with van der Waals surface area (Å²) in [5.74, 6) is -0.470. The van der Waals surface area contributed by atoms with Crippen LogP contribution in [0.1, 0.15) is 24.1 Å². The summed E-state index contributed by atoms with van der Waals surface area (Å²) in [7, 11) is 1.33. The fourth-order valence-corrected chi connectivity index (χ4v) is 4.66. The molecule has 0 saturated heterocycles. The molecule has 0 bridgehead atoms. The number of rotatable bonds is 3. The topological polar surface area (TPSA) is 70.3 Å². The summed E-state index contributed by atoms with van der Waals surface area (Å²) in [6.07, 6.45) is 7.11. The third-order valence-corrected chi connectivity index (χ3v) is 6.15. The maximum atomic E-state index is 13.4. The molecule has 7 heteroatoms. The smallest absolute Gasteiger partial charge is 0.335 e. The van der Waals surface area contributed by atoms with E-state index in [1.807, 2.05) is 65.1 Å². The van der Waals surface area contributed by atoms with Gasteiger partial charge in [0.2, 0.25) is 0 Å². The SMILES string of the molecule is COC(=O)C1=CC2=C(CC=CC2)c2c(I)c(=O)n(Cc3ccccc3)c(=O)n2C1. The Kier molecular flexibility index (Phi) is 5.40. The molecule has 2 aliphatic rings. The number of nitrogens with zero attached hydrogens (tertiary/aromatic N) is 2. The molecule has 0 radical (unpaired) electrons. The van der Waals surface area contributed by atoms with Crippen molar-refractivity contribution in [2.75, 3.05) is 7.11 Å². The van der Waals surface area contributed by atoms with Crippen molar-refractivity contribution in [1.29, 1.82) is 0 Å². The Balaban J connectivity index is 1.95. The molecule has 29 heavy (non-hydrogen) atoms. The summed E-state index contributed by atoms with van der Waals surface area (Å²) in [4.78, 5) is 38.8. The first-order valence-corrected chi connectivity index (χ1v) is 10.3. The largest absolute Gasteiger partial charge is 0.466 e. The highest BCUT2D eigenvalue weighted by molar-refractivity contribution is 14.1. The molecule has 1 aliphatic heterocycles. The Morgan fingerprint density at radius 3 is 2.59 bits per heavy atom. The molecule has 0 atom stereocenters. The van der Waals surface area contributed by atoms with E-state index < -0.39 is 11.7 Å². The van der Waals surface area contributed by atoms with Crippen molar-refractivity contribution in [2.24, 2.45) is 0 Å². The zero-order chi connectivity index (χ0) is 20.5. The van der Waals surface area contributed by atoms with Gasteiger partial charge in [-0.05, 0) is 58.2 Å². The van der Waals surface area contributed by atoms with Gasteiger partial charge in [-0.3, -0.25) is 13.9 Å². The summed E-state index contributed by atoms with van der Waals surface area (Å²) in [6.45, 7) is 0.247. The maximum Gasteiger partial charge on any atom is 0.335 e. The van der Waals surface area contributed by atoms with Gasteiger partial charge in [-0.25, -0.2) is 9.59 Å². The van der Waals surface area contributed by atoms with E-state index >= 15 is 0 Å². The number of hydrogen-bond acceptors (Lipinski definition) is 4. The first-order valence-electron chi connectivity index (χ1n) is 9.24. The number of carbonyl (C=O) groups excluding carboxylic acids is 1. The molecule has 0 fully saturated rings. The number of esters is 1. The van der Waals surface area contributed by atoms with Crippen LogP contribution in [0.25, 0.3) is 5.57 Å². The molecule has 2 aromatic rings. The fraction of sp³-hybridized carbons (Fsp3) is 0.227. The highest BCUT2D eigenvalue weighted by atomic mass is 127. The second-order valence-electron chi connectivity index (χ2n) is 6.95. The van der Waals surface area contributed by atoms with Gasteiger partial charge in [0.1, 0.15) is 3.57 Å². The first kappa shape index (κ1) is 19.6. The minimum absolute atomic E-state index is 0.0684. The van der Waals surface area contributed by atoms with Gasteiger partial charge in [-0.15, -0.1) is 0 Å². The first-order chi connectivity index (χ1) is 14.0. The van der Waals surface area contributed by atoms with Crippen molar-refractivity contribution < 1.29 is 9.53 Å². The Labute approximate surface area is 181 Å². The van der Waals surface area contributed by atoms with Crippen molar-refractivity contribution in [3.63, 3.8) is 0 Å². The lowest BCUT2D eigenvalue weighted by Crippen LogP contribution is -2.43. The molecule has 1 aromatic carbocycles. The Morgan fingerprint density at radius 1 is 1.14 bits per heavy atom. The Morgan fingerprint density at radius 2 is 1.86 bits per heavy atom. The molecule has 1 aliphatic carbocycles. The van der Waals surface area contributed by atoms with Crippen LogP contribution in [0.4, 0.5) is 0 Å². The van der Waals surface area contributed by atoms with E-state index in [0.717, 1.165) is 16.7 Å². The fourth-order valence-electron chi connectivity index (χ4n) is 3.76. The highest BCUT2D eigenvalue weighted by Crippen LogP contribution is 2.34. The quantitative estimate of drug-likeness (QED) is 0.368. The van der Waals surface area contributed by atoms with E-state index in [0.29, 0.717) is 27.7 Å². The zero-order valence-corrected chi connectivity index (χ0v) is 18.0. The van der Waals surface area contributed by atoms with Crippen molar-refractivity contribution in [3.8, 4) is 0 Å². The van der Waals surface area contributed by atoms with Gasteiger partial charge in [0.25, 0.3) is 5.56 Å². The van der Waals surface area contributed by atoms with E-state index in [2.05, 4.69) is 0 Å². The predicted octanol–water partition coefficient (Wildman–Crippen LogP) is 2.88. The summed E-state index contributed by atoms with van der Waals surface area (Å²) in [6, 6.07) is 9.38. The molecule has 0 N–H and O–H groups in total. The van der Waals surface area contributed by atoms with E-state index in [-0.39, 0.29) is 18.6 Å². The summed E-state index contributed by atoms with van der Waals surface area (Å²) >= 11 is 2.02. The number of methoxy groups -OCH3 is 1. The minimum atomic E-state index is -0.470. The minimum Gasteiger partial charge on any atom is -0.466 e. The third kappa shape index (κ3) is 3.55. The van der Waals surface area contributed by atoms with Gasteiger partial charge < -0.3 is 4.74 Å². The van der Waals surface area contributed by atoms with Gasteiger partial charge in [0.15, 0.2) is 0 Å². The maximum absolute atomic E-state index is 13.4. The normalized spacial score (nSPS) is 15.3. The highest BCUT2D eigenvalue weighted by Gasteiger charge is 2.27. The average molecular weight is 502 g/mol. The Bertz CT molecular complexity index is 1200. The van der Waals surface area contributed by atoms with Crippen LogP contribution in [0.15, 0.2) is 69.3 Å². The molecular weight excluding hydrogens is 483 g/mol. The third-order valence-electron chi connectivity index (χ3n) is 5.18. The second-order valence-corrected chi connectivity index (χ2v) is 8.03. The predicted molar refractivity (Wildman–Crippen MR) is 119 cm³/mol. The molecular formula is C22H19IN2O4. The second kappa shape index (κ2) is 7.98. The van der Waals surface area contributed by atoms with Crippen LogP contribution in [-0.2, 0) is 22.6 Å². The molecule has 2 heterocycles. The zero-order valence-electron chi connectivity index (χ0n) is 15.9. The monoisotopic (exact) mass is 502 g/mol. The van der Waals surface area contributed by atoms with Gasteiger partial charge >= 0.3 is 11.7 Å². The van der Waals surface area contributed by atoms with Crippen LogP contribution in [0.5, 0.6) is 0 Å². The van der Waals surface area contributed by atoms with Gasteiger partial charge in [0.05, 0.1) is 31.5 Å². The van der Waals surface area contributed by atoms with Crippen LogP contribution in [0.2, 0.25) is 0 Å². The molecule has 0 amide bonds. The van der Waals surface area contributed by atoms with Crippen LogP contribution >= 0.6 is 22.6 Å². The average Bonchev–Trinajstić information content (AvgIpc) is 2.93. The molecule has 0 unspecified atom stereocenters. The van der Waals surface area contributed by atoms with E-state index in [9.17, 15) is 14.4 Å². The summed E-state index contributed by atoms with van der Waals surface area (Å²) in [5, 5.41) is 0. The molecule has 4 rings (SSSR count). The van der Waals surface area contributed by atoms with Crippen molar-refractivity contribution in [3.05, 3.63) is 95.4 Å². The van der Waals surface area contributed by atoms with E-state index in [1.54, 1.807) is 6.08 Å². The van der Waals surface area contributed by atoms with Crippen LogP contribution < -0.4 is 11.2 Å². The molecule has 6 nitrogen and oxygen atoms in total. The molecule has 0 saturated carbocycles. The molecule has 1 aromatic heterocycles. The van der Waals surface area contributed by atoms with Crippen LogP contribution in [0, 0.1) is 3.57 Å². The van der Waals surface area contributed by atoms with E-state index in [1.165, 1.54) is 16.2 Å². The number of halogens is 1. The molecule has 148 valence electrons. The van der Waals surface area contributed by atoms with Crippen molar-refractivity contribution in [1.82, 2.24) is 9.13 Å². The lowest BCUT2D eigenvalue weighted by atomic mass is 9.94. The lowest BCUT2D eigenvalue weighted by molar-refractivity contribution is -0.136. The van der Waals surface area contributed by atoms with Crippen LogP contribution in [0.3, 0.4) is 0 Å². The summed E-state index contributed by atoms with van der Waals surface area (Å²) in [5.41, 5.74) is 2.99. The summed E-state index contributed by atoms with van der Waals surface area (Å²) < 4.78 is 8.19. The number of hydrogen-bond donors (Lipinski definition) is 0. The van der Waals surface area contributed by atoms with Crippen molar-refractivity contribution >= 4 is 34.1 Å². The number of carbonyl (C=O) groups is 1.